The monoisotopic (exact) mass is 562 g/mol. The summed E-state index contributed by atoms with van der Waals surface area (Å²) in [4.78, 5) is 50.9. The van der Waals surface area contributed by atoms with Crippen molar-refractivity contribution in [2.45, 2.75) is 13.1 Å². The Kier molecular flexibility index (Phi) is 10.9. The molecule has 0 aliphatic heterocycles. The highest BCUT2D eigenvalue weighted by atomic mass is 35.5. The summed E-state index contributed by atoms with van der Waals surface area (Å²) < 4.78 is 3.23. The van der Waals surface area contributed by atoms with E-state index in [0.29, 0.717) is 9.75 Å². The van der Waals surface area contributed by atoms with Crippen molar-refractivity contribution >= 4 is 46.1 Å². The first-order chi connectivity index (χ1) is 16.5. The number of hydrogen-bond donors (Lipinski definition) is 2. The minimum absolute atomic E-state index is 0. The lowest BCUT2D eigenvalue weighted by Crippen LogP contribution is -3.00. The maximum atomic E-state index is 12.5. The number of thiophene rings is 2. The molecular weight excluding hydrogens is 543 g/mol. The largest absolute Gasteiger partial charge is 1.00 e. The third kappa shape index (κ3) is 7.53. The van der Waals surface area contributed by atoms with Crippen molar-refractivity contribution in [2.24, 2.45) is 0 Å². The van der Waals surface area contributed by atoms with E-state index in [1.165, 1.54) is 22.7 Å². The number of nitrogens with one attached hydrogen (secondary N) is 2. The van der Waals surface area contributed by atoms with Crippen LogP contribution >= 0.6 is 22.7 Å². The molecule has 2 amide bonds. The average molecular weight is 563 g/mol. The van der Waals surface area contributed by atoms with Crippen molar-refractivity contribution in [3.05, 3.63) is 105 Å². The van der Waals surface area contributed by atoms with Crippen molar-refractivity contribution in [3.8, 4) is 0 Å². The summed E-state index contributed by atoms with van der Waals surface area (Å²) >= 11 is 2.73. The molecule has 4 aromatic heterocycles. The van der Waals surface area contributed by atoms with E-state index < -0.39 is 11.8 Å². The maximum absolute atomic E-state index is 12.5. The van der Waals surface area contributed by atoms with Crippen molar-refractivity contribution in [2.75, 3.05) is 0 Å². The quantitative estimate of drug-likeness (QED) is 0.131. The molecule has 4 rings (SSSR count). The molecule has 4 aromatic rings. The van der Waals surface area contributed by atoms with Crippen LogP contribution in [-0.4, -0.2) is 23.4 Å². The van der Waals surface area contributed by atoms with E-state index in [-0.39, 0.29) is 60.6 Å². The first kappa shape index (κ1) is 28.8. The van der Waals surface area contributed by atoms with Crippen LogP contribution in [0.2, 0.25) is 0 Å². The van der Waals surface area contributed by atoms with Gasteiger partial charge in [0.25, 0.3) is 11.8 Å². The molecule has 0 saturated heterocycles. The second kappa shape index (κ2) is 13.6. The summed E-state index contributed by atoms with van der Waals surface area (Å²) in [6.07, 6.45) is 6.47. The summed E-state index contributed by atoms with van der Waals surface area (Å²) in [6.45, 7) is 0.199. The van der Waals surface area contributed by atoms with Gasteiger partial charge in [-0.25, -0.2) is 0 Å². The predicted molar refractivity (Wildman–Crippen MR) is 126 cm³/mol. The van der Waals surface area contributed by atoms with Gasteiger partial charge in [-0.2, -0.15) is 9.13 Å². The van der Waals surface area contributed by atoms with Gasteiger partial charge in [0.15, 0.2) is 24.8 Å². The lowest BCUT2D eigenvalue weighted by Gasteiger charge is -2.06. The second-order valence-electron chi connectivity index (χ2n) is 7.24. The number of pyridine rings is 2. The van der Waals surface area contributed by atoms with Gasteiger partial charge in [-0.05, 0) is 35.0 Å². The first-order valence-corrected chi connectivity index (χ1v) is 12.0. The fraction of sp³-hybridized carbons (Fsp3) is 0.0833. The van der Waals surface area contributed by atoms with E-state index in [0.717, 1.165) is 0 Å². The summed E-state index contributed by atoms with van der Waals surface area (Å²) in [5, 5.41) is 3.67. The molecule has 0 bridgehead atoms. The molecular formula is C24H20Cl2N4O4S2. The molecule has 2 N–H and O–H groups in total. The standard InChI is InChI=1S/C24H18N4O4S2.2ClH/c29-19(21-7-3-11-33-21)15-27-9-1-5-17(13-27)23(31)25-26-24(32)18-6-2-10-28(14-18)16-20(30)22-8-4-12-34-22;;/h1-14H,15-16H2;2*1H. The van der Waals surface area contributed by atoms with Gasteiger partial charge >= 0.3 is 0 Å². The molecule has 12 heteroatoms. The summed E-state index contributed by atoms with van der Waals surface area (Å²) in [6, 6.07) is 13.6. The van der Waals surface area contributed by atoms with E-state index in [1.54, 1.807) is 70.3 Å². The number of halogens is 2. The topological polar surface area (TPSA) is 100 Å². The van der Waals surface area contributed by atoms with E-state index in [4.69, 9.17) is 0 Å². The first-order valence-electron chi connectivity index (χ1n) is 10.2. The van der Waals surface area contributed by atoms with Gasteiger partial charge in [-0.15, -0.1) is 22.7 Å². The minimum Gasteiger partial charge on any atom is -1.00 e. The fourth-order valence-electron chi connectivity index (χ4n) is 3.13. The smallest absolute Gasteiger partial charge is 0.275 e. The van der Waals surface area contributed by atoms with Crippen molar-refractivity contribution in [1.29, 1.82) is 0 Å². The van der Waals surface area contributed by atoms with Gasteiger partial charge < -0.3 is 24.8 Å². The Balaban J connectivity index is 0.00000228. The SMILES string of the molecule is O=C(NNC(=O)c1ccc[n+](CC(=O)c2cccs2)c1)c1ccc[n+](CC(=O)c2cccs2)c1.[Cl-].[Cl-]. The van der Waals surface area contributed by atoms with Gasteiger partial charge in [0.05, 0.1) is 9.75 Å². The highest BCUT2D eigenvalue weighted by Gasteiger charge is 2.18. The van der Waals surface area contributed by atoms with Crippen LogP contribution in [0.3, 0.4) is 0 Å². The van der Waals surface area contributed by atoms with E-state index >= 15 is 0 Å². The Labute approximate surface area is 227 Å². The molecule has 4 heterocycles. The Morgan fingerprint density at radius 3 is 1.42 bits per heavy atom. The molecule has 0 fully saturated rings. The number of hydrogen-bond acceptors (Lipinski definition) is 6. The zero-order valence-electron chi connectivity index (χ0n) is 18.6. The van der Waals surface area contributed by atoms with E-state index in [2.05, 4.69) is 10.9 Å². The Morgan fingerprint density at radius 1 is 0.639 bits per heavy atom. The number of carbonyl (C=O) groups excluding carboxylic acids is 4. The molecule has 0 aromatic carbocycles. The summed E-state index contributed by atoms with van der Waals surface area (Å²) in [7, 11) is 0. The van der Waals surface area contributed by atoms with Crippen LogP contribution in [0.1, 0.15) is 40.1 Å². The second-order valence-corrected chi connectivity index (χ2v) is 9.13. The Bertz CT molecular complexity index is 1240. The predicted octanol–water partition coefficient (Wildman–Crippen LogP) is -3.77. The van der Waals surface area contributed by atoms with Gasteiger partial charge in [0.2, 0.25) is 24.7 Å². The molecule has 0 spiro atoms. The Morgan fingerprint density at radius 2 is 1.06 bits per heavy atom. The van der Waals surface area contributed by atoms with E-state index in [9.17, 15) is 19.2 Å². The van der Waals surface area contributed by atoms with Crippen LogP contribution < -0.4 is 44.8 Å². The molecule has 0 atom stereocenters. The molecule has 36 heavy (non-hydrogen) atoms. The van der Waals surface area contributed by atoms with Crippen molar-refractivity contribution < 1.29 is 53.1 Å². The van der Waals surface area contributed by atoms with Crippen LogP contribution in [0.4, 0.5) is 0 Å². The third-order valence-corrected chi connectivity index (χ3v) is 6.60. The van der Waals surface area contributed by atoms with Crippen molar-refractivity contribution in [1.82, 2.24) is 10.9 Å². The third-order valence-electron chi connectivity index (χ3n) is 4.77. The molecule has 8 nitrogen and oxygen atoms in total. The molecule has 0 aliphatic carbocycles. The Hall–Kier alpha value is -3.44. The van der Waals surface area contributed by atoms with Crippen LogP contribution in [0.15, 0.2) is 84.1 Å². The fourth-order valence-corrected chi connectivity index (χ4v) is 4.44. The van der Waals surface area contributed by atoms with Crippen molar-refractivity contribution in [3.63, 3.8) is 0 Å². The normalized spacial score (nSPS) is 9.89. The van der Waals surface area contributed by atoms with Crippen LogP contribution in [0, 0.1) is 0 Å². The van der Waals surface area contributed by atoms with Gasteiger partial charge in [-0.1, -0.05) is 12.1 Å². The van der Waals surface area contributed by atoms with Gasteiger partial charge in [0.1, 0.15) is 11.1 Å². The minimum atomic E-state index is -0.525. The number of rotatable bonds is 8. The number of aromatic nitrogens is 2. The zero-order chi connectivity index (χ0) is 23.9. The molecule has 0 aliphatic rings. The van der Waals surface area contributed by atoms with Gasteiger partial charge in [0, 0.05) is 12.1 Å². The zero-order valence-corrected chi connectivity index (χ0v) is 21.7. The molecule has 0 unspecified atom stereocenters. The summed E-state index contributed by atoms with van der Waals surface area (Å²) in [5.41, 5.74) is 5.32. The number of carbonyl (C=O) groups is 4. The van der Waals surface area contributed by atoms with E-state index in [1.807, 2.05) is 22.9 Å². The molecule has 0 radical (unpaired) electrons. The molecule has 186 valence electrons. The number of hydrazine groups is 1. The van der Waals surface area contributed by atoms with Gasteiger partial charge in [-0.3, -0.25) is 30.0 Å². The number of nitrogens with zero attached hydrogens (tertiary/aromatic N) is 2. The highest BCUT2D eigenvalue weighted by molar-refractivity contribution is 7.12. The molecule has 0 saturated carbocycles. The number of ketones is 2. The number of amides is 2. The lowest BCUT2D eigenvalue weighted by molar-refractivity contribution is -0.683. The average Bonchev–Trinajstić information content (AvgIpc) is 3.57. The number of Topliss-reactive ketones (excluding diaryl/α,β-unsaturated/α-hetero) is 2. The van der Waals surface area contributed by atoms with Crippen LogP contribution in [0.25, 0.3) is 0 Å². The summed E-state index contributed by atoms with van der Waals surface area (Å²) in [5.74, 6) is -1.16. The lowest BCUT2D eigenvalue weighted by atomic mass is 10.2. The maximum Gasteiger partial charge on any atom is 0.275 e. The highest BCUT2D eigenvalue weighted by Crippen LogP contribution is 2.10. The van der Waals surface area contributed by atoms with Crippen LogP contribution in [-0.2, 0) is 13.1 Å². The van der Waals surface area contributed by atoms with Crippen LogP contribution in [0.5, 0.6) is 0 Å².